The maximum absolute atomic E-state index is 11.8. The summed E-state index contributed by atoms with van der Waals surface area (Å²) in [5, 5.41) is 10.1. The zero-order valence-electron chi connectivity index (χ0n) is 10.9. The Balaban J connectivity index is 1.81. The Morgan fingerprint density at radius 2 is 1.75 bits per heavy atom. The number of oxazole rings is 1. The van der Waals surface area contributed by atoms with Crippen LogP contribution in [0.1, 0.15) is 18.1 Å². The number of benzene rings is 2. The molecule has 4 nitrogen and oxygen atoms in total. The summed E-state index contributed by atoms with van der Waals surface area (Å²) in [7, 11) is 0. The van der Waals surface area contributed by atoms with Crippen LogP contribution in [-0.4, -0.2) is 9.67 Å². The van der Waals surface area contributed by atoms with Gasteiger partial charge in [-0.3, -0.25) is 4.57 Å². The molecule has 4 heteroatoms. The number of aliphatic hydroxyl groups excluding tert-OH is 1. The molecule has 102 valence electrons. The van der Waals surface area contributed by atoms with E-state index in [4.69, 9.17) is 4.42 Å². The number of fused-ring (bicyclic) bond motifs is 1. The summed E-state index contributed by atoms with van der Waals surface area (Å²) in [4.78, 5) is 11.8. The third kappa shape index (κ3) is 2.38. The van der Waals surface area contributed by atoms with Crippen LogP contribution in [0.3, 0.4) is 0 Å². The lowest BCUT2D eigenvalue weighted by molar-refractivity contribution is 0.160. The standard InChI is InChI=1S/C16H15NO3/c18-14(12-6-2-1-3-7-12)10-11-17-13-8-4-5-9-15(13)20-16(17)19/h1-9,14,18H,10-11H2. The van der Waals surface area contributed by atoms with Gasteiger partial charge in [0.05, 0.1) is 11.6 Å². The van der Waals surface area contributed by atoms with Crippen molar-refractivity contribution in [3.05, 3.63) is 70.7 Å². The van der Waals surface area contributed by atoms with Crippen molar-refractivity contribution < 1.29 is 9.52 Å². The lowest BCUT2D eigenvalue weighted by Crippen LogP contribution is -2.16. The van der Waals surface area contributed by atoms with E-state index in [1.807, 2.05) is 48.5 Å². The maximum Gasteiger partial charge on any atom is 0.419 e. The summed E-state index contributed by atoms with van der Waals surface area (Å²) in [6.45, 7) is 0.423. The second-order valence-corrected chi connectivity index (χ2v) is 4.70. The summed E-state index contributed by atoms with van der Waals surface area (Å²) in [6, 6.07) is 16.7. The van der Waals surface area contributed by atoms with Gasteiger partial charge in [0.2, 0.25) is 0 Å². The molecule has 0 saturated heterocycles. The first-order chi connectivity index (χ1) is 9.75. The van der Waals surface area contributed by atoms with Crippen LogP contribution in [0.15, 0.2) is 63.8 Å². The predicted molar refractivity (Wildman–Crippen MR) is 76.5 cm³/mol. The van der Waals surface area contributed by atoms with Gasteiger partial charge in [-0.05, 0) is 24.1 Å². The lowest BCUT2D eigenvalue weighted by Gasteiger charge is -2.10. The fourth-order valence-corrected chi connectivity index (χ4v) is 2.32. The van der Waals surface area contributed by atoms with Gasteiger partial charge in [-0.25, -0.2) is 4.79 Å². The summed E-state index contributed by atoms with van der Waals surface area (Å²) in [6.07, 6.45) is -0.121. The highest BCUT2D eigenvalue weighted by Crippen LogP contribution is 2.18. The van der Waals surface area contributed by atoms with E-state index in [-0.39, 0.29) is 5.76 Å². The topological polar surface area (TPSA) is 55.4 Å². The Kier molecular flexibility index (Phi) is 3.39. The zero-order chi connectivity index (χ0) is 13.9. The SMILES string of the molecule is O=c1oc2ccccc2n1CCC(O)c1ccccc1. The van der Waals surface area contributed by atoms with E-state index >= 15 is 0 Å². The van der Waals surface area contributed by atoms with Crippen LogP contribution in [0.5, 0.6) is 0 Å². The highest BCUT2D eigenvalue weighted by molar-refractivity contribution is 5.72. The molecule has 0 spiro atoms. The Labute approximate surface area is 115 Å². The van der Waals surface area contributed by atoms with E-state index in [1.165, 1.54) is 0 Å². The molecule has 1 atom stereocenters. The highest BCUT2D eigenvalue weighted by Gasteiger charge is 2.11. The van der Waals surface area contributed by atoms with E-state index < -0.39 is 6.10 Å². The molecule has 0 saturated carbocycles. The summed E-state index contributed by atoms with van der Waals surface area (Å²) >= 11 is 0. The molecular formula is C16H15NO3. The van der Waals surface area contributed by atoms with Crippen molar-refractivity contribution in [1.82, 2.24) is 4.57 Å². The zero-order valence-corrected chi connectivity index (χ0v) is 10.9. The van der Waals surface area contributed by atoms with E-state index in [2.05, 4.69) is 0 Å². The fourth-order valence-electron chi connectivity index (χ4n) is 2.32. The van der Waals surface area contributed by atoms with Gasteiger partial charge in [-0.1, -0.05) is 42.5 Å². The van der Waals surface area contributed by atoms with Crippen LogP contribution >= 0.6 is 0 Å². The first kappa shape index (κ1) is 12.7. The Morgan fingerprint density at radius 3 is 2.55 bits per heavy atom. The predicted octanol–water partition coefficient (Wildman–Crippen LogP) is 2.72. The number of nitrogens with zero attached hydrogens (tertiary/aromatic N) is 1. The maximum atomic E-state index is 11.8. The van der Waals surface area contributed by atoms with Crippen LogP contribution < -0.4 is 5.76 Å². The Hall–Kier alpha value is -2.33. The second kappa shape index (κ2) is 5.35. The van der Waals surface area contributed by atoms with Gasteiger partial charge in [-0.2, -0.15) is 0 Å². The molecule has 1 N–H and O–H groups in total. The van der Waals surface area contributed by atoms with Crippen LogP contribution in [-0.2, 0) is 6.54 Å². The molecule has 2 aromatic carbocycles. The Bertz CT molecular complexity index is 758. The molecule has 3 rings (SSSR count). The molecule has 0 bridgehead atoms. The summed E-state index contributed by atoms with van der Waals surface area (Å²) in [5.41, 5.74) is 2.19. The van der Waals surface area contributed by atoms with Crippen molar-refractivity contribution in [3.63, 3.8) is 0 Å². The van der Waals surface area contributed by atoms with Crippen molar-refractivity contribution in [2.45, 2.75) is 19.1 Å². The monoisotopic (exact) mass is 269 g/mol. The van der Waals surface area contributed by atoms with E-state index in [0.29, 0.717) is 18.5 Å². The summed E-state index contributed by atoms with van der Waals surface area (Å²) < 4.78 is 6.72. The van der Waals surface area contributed by atoms with E-state index in [1.54, 1.807) is 10.6 Å². The number of aromatic nitrogens is 1. The molecular weight excluding hydrogens is 254 g/mol. The molecule has 0 fully saturated rings. The smallest absolute Gasteiger partial charge is 0.408 e. The number of hydrogen-bond donors (Lipinski definition) is 1. The van der Waals surface area contributed by atoms with Crippen LogP contribution in [0.4, 0.5) is 0 Å². The average molecular weight is 269 g/mol. The molecule has 20 heavy (non-hydrogen) atoms. The average Bonchev–Trinajstić information content (AvgIpc) is 2.81. The minimum absolute atomic E-state index is 0.383. The van der Waals surface area contributed by atoms with Crippen molar-refractivity contribution in [2.75, 3.05) is 0 Å². The van der Waals surface area contributed by atoms with Gasteiger partial charge >= 0.3 is 5.76 Å². The van der Waals surface area contributed by atoms with Crippen molar-refractivity contribution in [3.8, 4) is 0 Å². The molecule has 1 unspecified atom stereocenters. The van der Waals surface area contributed by atoms with E-state index in [9.17, 15) is 9.90 Å². The Morgan fingerprint density at radius 1 is 1.05 bits per heavy atom. The lowest BCUT2D eigenvalue weighted by atomic mass is 10.1. The molecule has 1 heterocycles. The van der Waals surface area contributed by atoms with Crippen molar-refractivity contribution >= 4 is 11.1 Å². The van der Waals surface area contributed by atoms with Crippen LogP contribution in [0.2, 0.25) is 0 Å². The van der Waals surface area contributed by atoms with Crippen LogP contribution in [0.25, 0.3) is 11.1 Å². The molecule has 1 aromatic heterocycles. The molecule has 0 aliphatic carbocycles. The molecule has 0 aliphatic heterocycles. The summed E-state index contributed by atoms with van der Waals surface area (Å²) in [5.74, 6) is -0.383. The first-order valence-corrected chi connectivity index (χ1v) is 6.57. The van der Waals surface area contributed by atoms with Gasteiger partial charge in [-0.15, -0.1) is 0 Å². The van der Waals surface area contributed by atoms with E-state index in [0.717, 1.165) is 11.1 Å². The number of para-hydroxylation sites is 2. The molecule has 0 aliphatic rings. The van der Waals surface area contributed by atoms with Gasteiger partial charge < -0.3 is 9.52 Å². The van der Waals surface area contributed by atoms with Crippen LogP contribution in [0, 0.1) is 0 Å². The number of aliphatic hydroxyl groups is 1. The first-order valence-electron chi connectivity index (χ1n) is 6.57. The number of rotatable bonds is 4. The molecule has 3 aromatic rings. The van der Waals surface area contributed by atoms with Gasteiger partial charge in [0.25, 0.3) is 0 Å². The third-order valence-electron chi connectivity index (χ3n) is 3.38. The fraction of sp³-hybridized carbons (Fsp3) is 0.188. The quantitative estimate of drug-likeness (QED) is 0.792. The normalized spacial score (nSPS) is 12.7. The molecule has 0 radical (unpaired) electrons. The van der Waals surface area contributed by atoms with Crippen molar-refractivity contribution in [1.29, 1.82) is 0 Å². The molecule has 0 amide bonds. The van der Waals surface area contributed by atoms with Gasteiger partial charge in [0.15, 0.2) is 5.58 Å². The van der Waals surface area contributed by atoms with Crippen molar-refractivity contribution in [2.24, 2.45) is 0 Å². The minimum Gasteiger partial charge on any atom is -0.408 e. The largest absolute Gasteiger partial charge is 0.419 e. The minimum atomic E-state index is -0.586. The van der Waals surface area contributed by atoms with Gasteiger partial charge in [0.1, 0.15) is 0 Å². The van der Waals surface area contributed by atoms with Gasteiger partial charge in [0, 0.05) is 6.54 Å². The third-order valence-corrected chi connectivity index (χ3v) is 3.38. The number of hydrogen-bond acceptors (Lipinski definition) is 3. The second-order valence-electron chi connectivity index (χ2n) is 4.70. The number of aryl methyl sites for hydroxylation is 1. The highest BCUT2D eigenvalue weighted by atomic mass is 16.4.